The van der Waals surface area contributed by atoms with E-state index < -0.39 is 11.8 Å². The zero-order chi connectivity index (χ0) is 17.4. The van der Waals surface area contributed by atoms with E-state index in [2.05, 4.69) is 36.8 Å². The molecule has 0 bridgehead atoms. The number of hydrogen-bond acceptors (Lipinski definition) is 5. The number of nitrogens with one attached hydrogen (secondary N) is 2. The van der Waals surface area contributed by atoms with Gasteiger partial charge >= 0.3 is 11.8 Å². The number of nitrogens with zero attached hydrogens (tertiary/aromatic N) is 2. The Morgan fingerprint density at radius 1 is 1.33 bits per heavy atom. The molecule has 24 heavy (non-hydrogen) atoms. The second-order valence-electron chi connectivity index (χ2n) is 4.63. The first-order valence-electron chi connectivity index (χ1n) is 6.94. The molecule has 2 aromatic rings. The Hall–Kier alpha value is -2.74. The molecular formula is C16H15BrN4O3. The lowest BCUT2D eigenvalue weighted by Crippen LogP contribution is -2.37. The van der Waals surface area contributed by atoms with Crippen LogP contribution in [0.3, 0.4) is 0 Å². The van der Waals surface area contributed by atoms with Gasteiger partial charge in [0.05, 0.1) is 13.3 Å². The molecule has 0 saturated carbocycles. The summed E-state index contributed by atoms with van der Waals surface area (Å²) in [5, 5.41) is 6.25. The highest BCUT2D eigenvalue weighted by atomic mass is 79.9. The summed E-state index contributed by atoms with van der Waals surface area (Å²) in [5.74, 6) is -1.04. The van der Waals surface area contributed by atoms with Crippen molar-refractivity contribution in [1.29, 1.82) is 0 Å². The molecule has 0 aliphatic carbocycles. The molecule has 0 aliphatic heterocycles. The van der Waals surface area contributed by atoms with Crippen molar-refractivity contribution >= 4 is 34.0 Å². The van der Waals surface area contributed by atoms with Crippen LogP contribution in [0, 0.1) is 0 Å². The molecular weight excluding hydrogens is 376 g/mol. The predicted octanol–water partition coefficient (Wildman–Crippen LogP) is 1.62. The molecule has 0 radical (unpaired) electrons. The Labute approximate surface area is 147 Å². The van der Waals surface area contributed by atoms with Crippen LogP contribution in [0.1, 0.15) is 11.1 Å². The largest absolute Gasteiger partial charge is 0.496 e. The van der Waals surface area contributed by atoms with Crippen molar-refractivity contribution in [2.24, 2.45) is 5.10 Å². The maximum Gasteiger partial charge on any atom is 0.329 e. The van der Waals surface area contributed by atoms with Crippen molar-refractivity contribution in [3.63, 3.8) is 0 Å². The number of aromatic nitrogens is 1. The van der Waals surface area contributed by atoms with Crippen LogP contribution in [0.4, 0.5) is 0 Å². The first-order valence-corrected chi connectivity index (χ1v) is 7.73. The Morgan fingerprint density at radius 3 is 2.88 bits per heavy atom. The lowest BCUT2D eigenvalue weighted by molar-refractivity contribution is -0.139. The molecule has 2 N–H and O–H groups in total. The molecule has 8 heteroatoms. The van der Waals surface area contributed by atoms with E-state index in [1.54, 1.807) is 36.7 Å². The average Bonchev–Trinajstić information content (AvgIpc) is 2.60. The van der Waals surface area contributed by atoms with Crippen LogP contribution in [0.15, 0.2) is 52.3 Å². The molecule has 0 fully saturated rings. The molecule has 0 saturated heterocycles. The molecule has 7 nitrogen and oxygen atoms in total. The van der Waals surface area contributed by atoms with Crippen LogP contribution < -0.4 is 15.5 Å². The summed E-state index contributed by atoms with van der Waals surface area (Å²) in [6.45, 7) is 0.212. The second-order valence-corrected chi connectivity index (χ2v) is 5.55. The molecule has 2 rings (SSSR count). The summed E-state index contributed by atoms with van der Waals surface area (Å²) in [7, 11) is 1.53. The van der Waals surface area contributed by atoms with Crippen LogP contribution >= 0.6 is 15.9 Å². The van der Waals surface area contributed by atoms with E-state index in [9.17, 15) is 9.59 Å². The van der Waals surface area contributed by atoms with Gasteiger partial charge < -0.3 is 10.1 Å². The molecule has 0 aliphatic rings. The quantitative estimate of drug-likeness (QED) is 0.460. The Balaban J connectivity index is 1.88. The molecule has 124 valence electrons. The van der Waals surface area contributed by atoms with E-state index in [4.69, 9.17) is 4.74 Å². The normalized spacial score (nSPS) is 10.4. The fourth-order valence-electron chi connectivity index (χ4n) is 1.78. The fraction of sp³-hybridized carbons (Fsp3) is 0.125. The summed E-state index contributed by atoms with van der Waals surface area (Å²) >= 11 is 3.34. The third-order valence-corrected chi connectivity index (χ3v) is 3.44. The molecule has 0 atom stereocenters. The van der Waals surface area contributed by atoms with Crippen molar-refractivity contribution < 1.29 is 14.3 Å². The van der Waals surface area contributed by atoms with Crippen molar-refractivity contribution in [2.45, 2.75) is 6.54 Å². The Morgan fingerprint density at radius 2 is 2.17 bits per heavy atom. The minimum absolute atomic E-state index is 0.212. The van der Waals surface area contributed by atoms with Gasteiger partial charge in [0.1, 0.15) is 5.75 Å². The van der Waals surface area contributed by atoms with Crippen LogP contribution in [0.2, 0.25) is 0 Å². The van der Waals surface area contributed by atoms with Crippen LogP contribution in [-0.2, 0) is 16.1 Å². The summed E-state index contributed by atoms with van der Waals surface area (Å²) in [6, 6.07) is 8.89. The molecule has 1 heterocycles. The number of halogens is 1. The van der Waals surface area contributed by atoms with Gasteiger partial charge in [-0.1, -0.05) is 22.0 Å². The number of hydrogen-bond donors (Lipinski definition) is 2. The maximum absolute atomic E-state index is 11.7. The summed E-state index contributed by atoms with van der Waals surface area (Å²) < 4.78 is 6.02. The van der Waals surface area contributed by atoms with Crippen LogP contribution in [0.5, 0.6) is 5.75 Å². The first-order chi connectivity index (χ1) is 11.6. The van der Waals surface area contributed by atoms with E-state index in [0.717, 1.165) is 10.0 Å². The molecule has 0 spiro atoms. The highest BCUT2D eigenvalue weighted by Crippen LogP contribution is 2.21. The maximum atomic E-state index is 11.7. The van der Waals surface area contributed by atoms with Crippen molar-refractivity contribution in [3.05, 3.63) is 58.3 Å². The number of benzene rings is 1. The van der Waals surface area contributed by atoms with Crippen LogP contribution in [-0.4, -0.2) is 30.1 Å². The van der Waals surface area contributed by atoms with Gasteiger partial charge in [-0.25, -0.2) is 5.43 Å². The summed E-state index contributed by atoms with van der Waals surface area (Å²) in [6.07, 6.45) is 4.63. The van der Waals surface area contributed by atoms with Gasteiger partial charge in [0, 0.05) is 29.0 Å². The number of methoxy groups -OCH3 is 1. The standard InChI is InChI=1S/C16H15BrN4O3/c1-24-14-5-4-13(17)7-12(14)10-20-21-16(23)15(22)19-9-11-3-2-6-18-8-11/h2-8,10H,9H2,1H3,(H,19,22)(H,21,23)/b20-10+. The van der Waals surface area contributed by atoms with E-state index in [0.29, 0.717) is 11.3 Å². The number of ether oxygens (including phenoxy) is 1. The van der Waals surface area contributed by atoms with E-state index in [-0.39, 0.29) is 6.54 Å². The number of amides is 2. The molecule has 0 unspecified atom stereocenters. The third-order valence-electron chi connectivity index (χ3n) is 2.94. The zero-order valence-electron chi connectivity index (χ0n) is 12.8. The van der Waals surface area contributed by atoms with Crippen molar-refractivity contribution in [1.82, 2.24) is 15.7 Å². The van der Waals surface area contributed by atoms with Gasteiger partial charge in [-0.05, 0) is 29.8 Å². The van der Waals surface area contributed by atoms with E-state index in [1.807, 2.05) is 6.07 Å². The summed E-state index contributed by atoms with van der Waals surface area (Å²) in [5.41, 5.74) is 3.62. The minimum Gasteiger partial charge on any atom is -0.496 e. The first kappa shape index (κ1) is 17.6. The monoisotopic (exact) mass is 390 g/mol. The zero-order valence-corrected chi connectivity index (χ0v) is 14.4. The van der Waals surface area contributed by atoms with E-state index in [1.165, 1.54) is 13.3 Å². The highest BCUT2D eigenvalue weighted by Gasteiger charge is 2.12. The van der Waals surface area contributed by atoms with Gasteiger partial charge in [0.25, 0.3) is 0 Å². The van der Waals surface area contributed by atoms with Gasteiger partial charge in [-0.15, -0.1) is 0 Å². The van der Waals surface area contributed by atoms with Gasteiger partial charge in [0.2, 0.25) is 0 Å². The van der Waals surface area contributed by atoms with E-state index >= 15 is 0 Å². The van der Waals surface area contributed by atoms with Crippen molar-refractivity contribution in [3.8, 4) is 5.75 Å². The molecule has 1 aromatic heterocycles. The Bertz CT molecular complexity index is 750. The van der Waals surface area contributed by atoms with Gasteiger partial charge in [0.15, 0.2) is 0 Å². The number of pyridine rings is 1. The molecule has 1 aromatic carbocycles. The SMILES string of the molecule is COc1ccc(Br)cc1/C=N/NC(=O)C(=O)NCc1cccnc1. The average molecular weight is 391 g/mol. The lowest BCUT2D eigenvalue weighted by Gasteiger charge is -2.05. The molecule has 2 amide bonds. The smallest absolute Gasteiger partial charge is 0.329 e. The van der Waals surface area contributed by atoms with Crippen LogP contribution in [0.25, 0.3) is 0 Å². The Kier molecular flexibility index (Phi) is 6.44. The van der Waals surface area contributed by atoms with Crippen molar-refractivity contribution in [2.75, 3.05) is 7.11 Å². The second kappa shape index (κ2) is 8.78. The predicted molar refractivity (Wildman–Crippen MR) is 92.5 cm³/mol. The fourth-order valence-corrected chi connectivity index (χ4v) is 2.16. The summed E-state index contributed by atoms with van der Waals surface area (Å²) in [4.78, 5) is 27.3. The minimum atomic E-state index is -0.857. The number of rotatable bonds is 5. The van der Waals surface area contributed by atoms with Gasteiger partial charge in [-0.2, -0.15) is 5.10 Å². The number of carbonyl (C=O) groups is 2. The highest BCUT2D eigenvalue weighted by molar-refractivity contribution is 9.10. The number of hydrazone groups is 1. The topological polar surface area (TPSA) is 92.7 Å². The lowest BCUT2D eigenvalue weighted by atomic mass is 10.2. The van der Waals surface area contributed by atoms with Gasteiger partial charge in [-0.3, -0.25) is 14.6 Å². The number of carbonyl (C=O) groups excluding carboxylic acids is 2. The third kappa shape index (κ3) is 5.17.